The van der Waals surface area contributed by atoms with Crippen molar-refractivity contribution < 1.29 is 19.0 Å². The molecule has 1 N–H and O–H groups in total. The first-order chi connectivity index (χ1) is 15.1. The number of nitrogens with one attached hydrogen (secondary N) is 1. The molecule has 1 heterocycles. The zero-order valence-electron chi connectivity index (χ0n) is 18.1. The number of hydrogen-bond donors (Lipinski definition) is 1. The molecule has 31 heavy (non-hydrogen) atoms. The molecule has 1 aromatic heterocycles. The van der Waals surface area contributed by atoms with E-state index in [9.17, 15) is 4.79 Å². The molecule has 7 nitrogen and oxygen atoms in total. The normalized spacial score (nSPS) is 10.4. The average Bonchev–Trinajstić information content (AvgIpc) is 2.78. The highest BCUT2D eigenvalue weighted by atomic mass is 16.5. The SMILES string of the molecule is CCOc1ccc(-c2ccc(OCCNC(=O)COc3c(C)cccc3C)nn2)cc1. The minimum absolute atomic E-state index is 0.0394. The summed E-state index contributed by atoms with van der Waals surface area (Å²) in [4.78, 5) is 12.0. The molecule has 2 aromatic carbocycles. The van der Waals surface area contributed by atoms with E-state index < -0.39 is 0 Å². The third-order valence-electron chi connectivity index (χ3n) is 4.53. The van der Waals surface area contributed by atoms with E-state index in [-0.39, 0.29) is 19.1 Å². The molecule has 0 aliphatic rings. The Balaban J connectivity index is 1.40. The van der Waals surface area contributed by atoms with Crippen molar-refractivity contribution in [2.24, 2.45) is 0 Å². The number of benzene rings is 2. The van der Waals surface area contributed by atoms with Gasteiger partial charge >= 0.3 is 0 Å². The highest BCUT2D eigenvalue weighted by Crippen LogP contribution is 2.22. The van der Waals surface area contributed by atoms with Gasteiger partial charge in [-0.2, -0.15) is 0 Å². The molecule has 0 aliphatic heterocycles. The van der Waals surface area contributed by atoms with Gasteiger partial charge < -0.3 is 19.5 Å². The number of para-hydroxylation sites is 1. The molecule has 0 fully saturated rings. The molecule has 3 rings (SSSR count). The van der Waals surface area contributed by atoms with E-state index in [1.807, 2.05) is 69.3 Å². The predicted molar refractivity (Wildman–Crippen MR) is 119 cm³/mol. The van der Waals surface area contributed by atoms with Gasteiger partial charge in [0.05, 0.1) is 18.8 Å². The largest absolute Gasteiger partial charge is 0.494 e. The Labute approximate surface area is 182 Å². The summed E-state index contributed by atoms with van der Waals surface area (Å²) in [7, 11) is 0. The second kappa shape index (κ2) is 11.0. The molecule has 0 aliphatic carbocycles. The Morgan fingerprint density at radius 2 is 1.65 bits per heavy atom. The van der Waals surface area contributed by atoms with Crippen molar-refractivity contribution in [3.05, 3.63) is 65.7 Å². The van der Waals surface area contributed by atoms with Crippen LogP contribution < -0.4 is 19.5 Å². The summed E-state index contributed by atoms with van der Waals surface area (Å²) in [6.45, 7) is 7.08. The minimum Gasteiger partial charge on any atom is -0.494 e. The van der Waals surface area contributed by atoms with Gasteiger partial charge in [-0.25, -0.2) is 0 Å². The maximum atomic E-state index is 12.0. The second-order valence-electron chi connectivity index (χ2n) is 6.92. The standard InChI is InChI=1S/C24H27N3O4/c1-4-29-20-10-8-19(9-11-20)21-12-13-23(27-26-21)30-15-14-25-22(28)16-31-24-17(2)6-5-7-18(24)3/h5-13H,4,14-16H2,1-3H3,(H,25,28). The zero-order chi connectivity index (χ0) is 22.1. The average molecular weight is 421 g/mol. The van der Waals surface area contributed by atoms with Crippen molar-refractivity contribution in [2.45, 2.75) is 20.8 Å². The Morgan fingerprint density at radius 3 is 2.29 bits per heavy atom. The Morgan fingerprint density at radius 1 is 0.903 bits per heavy atom. The molecule has 0 unspecified atom stereocenters. The smallest absolute Gasteiger partial charge is 0.258 e. The quantitative estimate of drug-likeness (QED) is 0.502. The summed E-state index contributed by atoms with van der Waals surface area (Å²) in [6.07, 6.45) is 0. The van der Waals surface area contributed by atoms with Gasteiger partial charge in [-0.1, -0.05) is 18.2 Å². The van der Waals surface area contributed by atoms with Gasteiger partial charge in [0.25, 0.3) is 5.91 Å². The molecule has 0 spiro atoms. The number of aryl methyl sites for hydroxylation is 2. The first-order valence-electron chi connectivity index (χ1n) is 10.2. The first kappa shape index (κ1) is 22.1. The number of carbonyl (C=O) groups is 1. The number of amides is 1. The lowest BCUT2D eigenvalue weighted by Crippen LogP contribution is -2.32. The highest BCUT2D eigenvalue weighted by Gasteiger charge is 2.07. The van der Waals surface area contributed by atoms with E-state index in [2.05, 4.69) is 15.5 Å². The molecule has 0 bridgehead atoms. The van der Waals surface area contributed by atoms with Crippen LogP contribution in [-0.4, -0.2) is 42.5 Å². The van der Waals surface area contributed by atoms with Crippen LogP contribution in [0.3, 0.4) is 0 Å². The highest BCUT2D eigenvalue weighted by molar-refractivity contribution is 5.77. The van der Waals surface area contributed by atoms with E-state index in [1.54, 1.807) is 6.07 Å². The maximum absolute atomic E-state index is 12.0. The molecular weight excluding hydrogens is 394 g/mol. The number of aromatic nitrogens is 2. The van der Waals surface area contributed by atoms with Crippen LogP contribution in [0.25, 0.3) is 11.3 Å². The van der Waals surface area contributed by atoms with Crippen molar-refractivity contribution in [1.82, 2.24) is 15.5 Å². The molecule has 7 heteroatoms. The zero-order valence-corrected chi connectivity index (χ0v) is 18.1. The molecular formula is C24H27N3O4. The van der Waals surface area contributed by atoms with E-state index in [0.29, 0.717) is 19.0 Å². The molecule has 1 amide bonds. The molecule has 0 radical (unpaired) electrons. The lowest BCUT2D eigenvalue weighted by atomic mass is 10.1. The van der Waals surface area contributed by atoms with Crippen LogP contribution in [0.5, 0.6) is 17.4 Å². The van der Waals surface area contributed by atoms with Gasteiger partial charge in [0.15, 0.2) is 6.61 Å². The number of nitrogens with zero attached hydrogens (tertiary/aromatic N) is 2. The fourth-order valence-corrected chi connectivity index (χ4v) is 3.00. The molecule has 3 aromatic rings. The molecule has 0 atom stereocenters. The van der Waals surface area contributed by atoms with E-state index in [4.69, 9.17) is 14.2 Å². The lowest BCUT2D eigenvalue weighted by molar-refractivity contribution is -0.123. The van der Waals surface area contributed by atoms with Crippen LogP contribution in [0.4, 0.5) is 0 Å². The Kier molecular flexibility index (Phi) is 7.81. The number of hydrogen-bond acceptors (Lipinski definition) is 6. The molecule has 0 saturated carbocycles. The van der Waals surface area contributed by atoms with Crippen molar-refractivity contribution >= 4 is 5.91 Å². The monoisotopic (exact) mass is 421 g/mol. The van der Waals surface area contributed by atoms with Crippen LogP contribution in [0.2, 0.25) is 0 Å². The summed E-state index contributed by atoms with van der Waals surface area (Å²) < 4.78 is 16.6. The third-order valence-corrected chi connectivity index (χ3v) is 4.53. The van der Waals surface area contributed by atoms with Gasteiger partial charge in [0.1, 0.15) is 18.1 Å². The fourth-order valence-electron chi connectivity index (χ4n) is 3.00. The predicted octanol–water partition coefficient (Wildman–Crippen LogP) is 3.73. The van der Waals surface area contributed by atoms with Crippen LogP contribution in [0, 0.1) is 13.8 Å². The van der Waals surface area contributed by atoms with Crippen molar-refractivity contribution in [3.8, 4) is 28.6 Å². The van der Waals surface area contributed by atoms with Gasteiger partial charge in [-0.15, -0.1) is 10.2 Å². The lowest BCUT2D eigenvalue weighted by Gasteiger charge is -2.12. The number of ether oxygens (including phenoxy) is 3. The van der Waals surface area contributed by atoms with E-state index in [1.165, 1.54) is 0 Å². The van der Waals surface area contributed by atoms with Crippen LogP contribution >= 0.6 is 0 Å². The minimum atomic E-state index is -0.205. The molecule has 162 valence electrons. The summed E-state index contributed by atoms with van der Waals surface area (Å²) in [6, 6.07) is 17.1. The summed E-state index contributed by atoms with van der Waals surface area (Å²) in [5.74, 6) is 1.76. The van der Waals surface area contributed by atoms with Crippen LogP contribution in [0.1, 0.15) is 18.1 Å². The second-order valence-corrected chi connectivity index (χ2v) is 6.92. The first-order valence-corrected chi connectivity index (χ1v) is 10.2. The Hall–Kier alpha value is -3.61. The number of rotatable bonds is 10. The van der Waals surface area contributed by atoms with E-state index >= 15 is 0 Å². The third kappa shape index (κ3) is 6.44. The van der Waals surface area contributed by atoms with Crippen molar-refractivity contribution in [1.29, 1.82) is 0 Å². The van der Waals surface area contributed by atoms with Gasteiger partial charge in [-0.3, -0.25) is 4.79 Å². The fraction of sp³-hybridized carbons (Fsp3) is 0.292. The maximum Gasteiger partial charge on any atom is 0.258 e. The van der Waals surface area contributed by atoms with Gasteiger partial charge in [0, 0.05) is 11.6 Å². The van der Waals surface area contributed by atoms with Gasteiger partial charge in [-0.05, 0) is 62.2 Å². The van der Waals surface area contributed by atoms with Crippen LogP contribution in [0.15, 0.2) is 54.6 Å². The number of carbonyl (C=O) groups excluding carboxylic acids is 1. The summed E-state index contributed by atoms with van der Waals surface area (Å²) >= 11 is 0. The summed E-state index contributed by atoms with van der Waals surface area (Å²) in [5.41, 5.74) is 3.69. The van der Waals surface area contributed by atoms with Crippen molar-refractivity contribution in [3.63, 3.8) is 0 Å². The van der Waals surface area contributed by atoms with E-state index in [0.717, 1.165) is 33.9 Å². The van der Waals surface area contributed by atoms with Gasteiger partial charge in [0.2, 0.25) is 5.88 Å². The van der Waals surface area contributed by atoms with Crippen molar-refractivity contribution in [2.75, 3.05) is 26.4 Å². The Bertz CT molecular complexity index is 968. The van der Waals surface area contributed by atoms with Crippen LogP contribution in [-0.2, 0) is 4.79 Å². The topological polar surface area (TPSA) is 82.6 Å². The summed E-state index contributed by atoms with van der Waals surface area (Å²) in [5, 5.41) is 11.0. The molecule has 0 saturated heterocycles.